The van der Waals surface area contributed by atoms with Gasteiger partial charge >= 0.3 is 0 Å². The number of hydrogen-bond donors (Lipinski definition) is 4. The van der Waals surface area contributed by atoms with E-state index in [1.54, 1.807) is 43.0 Å². The van der Waals surface area contributed by atoms with Gasteiger partial charge in [-0.25, -0.2) is 0 Å². The van der Waals surface area contributed by atoms with Crippen LogP contribution in [0, 0.1) is 5.92 Å². The summed E-state index contributed by atoms with van der Waals surface area (Å²) in [7, 11) is 3.44. The van der Waals surface area contributed by atoms with Crippen LogP contribution < -0.4 is 30.2 Å². The minimum atomic E-state index is -0.804. The lowest BCUT2D eigenvalue weighted by Gasteiger charge is -2.35. The molecule has 0 spiro atoms. The van der Waals surface area contributed by atoms with Crippen LogP contribution in [0.3, 0.4) is 0 Å². The van der Waals surface area contributed by atoms with Crippen molar-refractivity contribution in [2.75, 3.05) is 80.0 Å². The lowest BCUT2D eigenvalue weighted by molar-refractivity contribution is -0.143. The fourth-order valence-electron chi connectivity index (χ4n) is 11.2. The summed E-state index contributed by atoms with van der Waals surface area (Å²) in [5.41, 5.74) is 7.81. The van der Waals surface area contributed by atoms with Gasteiger partial charge in [0.05, 0.1) is 58.2 Å². The highest BCUT2D eigenvalue weighted by atomic mass is 16.6. The van der Waals surface area contributed by atoms with Crippen LogP contribution in [0.4, 0.5) is 0 Å². The van der Waals surface area contributed by atoms with E-state index in [-0.39, 0.29) is 80.7 Å². The first-order valence-electron chi connectivity index (χ1n) is 29.3. The highest BCUT2D eigenvalue weighted by molar-refractivity contribution is 5.99. The van der Waals surface area contributed by atoms with E-state index >= 15 is 0 Å². The molecule has 3 aliphatic rings. The van der Waals surface area contributed by atoms with Crippen LogP contribution in [0.5, 0.6) is 23.0 Å². The second-order valence-electron chi connectivity index (χ2n) is 21.4. The number of para-hydroxylation sites is 2. The summed E-state index contributed by atoms with van der Waals surface area (Å²) in [6.07, 6.45) is 8.00. The average molecular weight is 1120 g/mol. The monoisotopic (exact) mass is 1120 g/mol. The molecule has 2 aliphatic carbocycles. The number of likely N-dealkylation sites (N-methyl/N-ethyl adjacent to an activating group) is 2. The number of hydrogen-bond acceptors (Lipinski definition) is 12. The third kappa shape index (κ3) is 16.9. The third-order valence-electron chi connectivity index (χ3n) is 15.8. The molecule has 5 atom stereocenters. The molecule has 82 heavy (non-hydrogen) atoms. The Morgan fingerprint density at radius 1 is 0.695 bits per heavy atom. The number of aromatic hydroxyl groups is 1. The van der Waals surface area contributed by atoms with E-state index in [1.165, 1.54) is 11.1 Å². The van der Waals surface area contributed by atoms with Crippen molar-refractivity contribution in [2.24, 2.45) is 5.92 Å². The van der Waals surface area contributed by atoms with E-state index in [2.05, 4.69) is 47.1 Å². The van der Waals surface area contributed by atoms with Crippen LogP contribution in [-0.2, 0) is 39.8 Å². The number of ether oxygens (including phenoxy) is 6. The third-order valence-corrected chi connectivity index (χ3v) is 15.8. The average Bonchev–Trinajstić information content (AvgIpc) is 4.15. The van der Waals surface area contributed by atoms with Gasteiger partial charge < -0.3 is 59.3 Å². The molecule has 8 rings (SSSR count). The first kappa shape index (κ1) is 60.8. The SMILES string of the molecule is CCC(=C(c1ccc(O)cc1)c1ccc(OCCN(C)C(=O)COCCOCCOCCOc2ccccc2OC2CC(C(=O)NC3CCCc4ccccc43)N(C(=O)C(NC(=O)C(C)NC)C3CCCCC3)C2)cc1)c1ccccc1. The quantitative estimate of drug-likeness (QED) is 0.0264. The van der Waals surface area contributed by atoms with Gasteiger partial charge in [-0.3, -0.25) is 19.2 Å². The highest BCUT2D eigenvalue weighted by Crippen LogP contribution is 2.37. The molecule has 438 valence electrons. The van der Waals surface area contributed by atoms with E-state index < -0.39 is 24.2 Å². The minimum Gasteiger partial charge on any atom is -0.508 e. The zero-order valence-electron chi connectivity index (χ0n) is 48.2. The summed E-state index contributed by atoms with van der Waals surface area (Å²) >= 11 is 0. The lowest BCUT2D eigenvalue weighted by Crippen LogP contribution is -2.58. The summed E-state index contributed by atoms with van der Waals surface area (Å²) in [6.45, 7) is 6.41. The van der Waals surface area contributed by atoms with Crippen molar-refractivity contribution < 1.29 is 52.7 Å². The number of carbonyl (C=O) groups is 4. The number of benzene rings is 5. The van der Waals surface area contributed by atoms with Crippen molar-refractivity contribution in [2.45, 2.75) is 108 Å². The molecule has 4 amide bonds. The van der Waals surface area contributed by atoms with Crippen LogP contribution in [0.2, 0.25) is 0 Å². The molecule has 4 N–H and O–H groups in total. The molecule has 1 saturated heterocycles. The van der Waals surface area contributed by atoms with Gasteiger partial charge in [0, 0.05) is 13.5 Å². The van der Waals surface area contributed by atoms with Crippen molar-refractivity contribution in [1.29, 1.82) is 0 Å². The maximum Gasteiger partial charge on any atom is 0.248 e. The second-order valence-corrected chi connectivity index (χ2v) is 21.4. The van der Waals surface area contributed by atoms with E-state index in [0.717, 1.165) is 85.6 Å². The number of nitrogens with one attached hydrogen (secondary N) is 3. The van der Waals surface area contributed by atoms with Crippen LogP contribution in [-0.4, -0.2) is 143 Å². The fourth-order valence-corrected chi connectivity index (χ4v) is 11.2. The van der Waals surface area contributed by atoms with Gasteiger partial charge in [-0.1, -0.05) is 117 Å². The number of aryl methyl sites for hydroxylation is 1. The van der Waals surface area contributed by atoms with Crippen LogP contribution in [0.15, 0.2) is 127 Å². The van der Waals surface area contributed by atoms with Gasteiger partial charge in [-0.15, -0.1) is 0 Å². The Labute approximate surface area is 483 Å². The van der Waals surface area contributed by atoms with E-state index in [1.807, 2.05) is 91.0 Å². The molecule has 16 heteroatoms. The van der Waals surface area contributed by atoms with Crippen LogP contribution in [0.25, 0.3) is 11.1 Å². The Balaban J connectivity index is 0.745. The molecule has 2 fully saturated rings. The molecule has 0 aromatic heterocycles. The van der Waals surface area contributed by atoms with Gasteiger partial charge in [0.1, 0.15) is 49.5 Å². The van der Waals surface area contributed by atoms with Crippen molar-refractivity contribution in [3.05, 3.63) is 155 Å². The molecular formula is C66H83N5O11. The Morgan fingerprint density at radius 2 is 1.34 bits per heavy atom. The number of fused-ring (bicyclic) bond motifs is 1. The lowest BCUT2D eigenvalue weighted by atomic mass is 9.83. The maximum atomic E-state index is 14.9. The maximum absolute atomic E-state index is 14.9. The predicted molar refractivity (Wildman–Crippen MR) is 317 cm³/mol. The van der Waals surface area contributed by atoms with E-state index in [4.69, 9.17) is 28.4 Å². The highest BCUT2D eigenvalue weighted by Gasteiger charge is 2.46. The Hall–Kier alpha value is -7.24. The molecule has 16 nitrogen and oxygen atoms in total. The summed E-state index contributed by atoms with van der Waals surface area (Å²) < 4.78 is 35.9. The zero-order valence-corrected chi connectivity index (χ0v) is 48.2. The fraction of sp³-hybridized carbons (Fsp3) is 0.455. The summed E-state index contributed by atoms with van der Waals surface area (Å²) in [5.74, 6) is 0.974. The zero-order chi connectivity index (χ0) is 57.6. The van der Waals surface area contributed by atoms with Crippen LogP contribution >= 0.6 is 0 Å². The van der Waals surface area contributed by atoms with Gasteiger partial charge in [0.15, 0.2) is 11.5 Å². The molecule has 0 bridgehead atoms. The van der Waals surface area contributed by atoms with E-state index in [9.17, 15) is 24.3 Å². The first-order valence-corrected chi connectivity index (χ1v) is 29.3. The summed E-state index contributed by atoms with van der Waals surface area (Å²) in [5, 5.41) is 19.4. The van der Waals surface area contributed by atoms with Gasteiger partial charge in [-0.2, -0.15) is 0 Å². The predicted octanol–water partition coefficient (Wildman–Crippen LogP) is 8.94. The number of nitrogens with zero attached hydrogens (tertiary/aromatic N) is 2. The molecule has 5 aromatic rings. The topological polar surface area (TPSA) is 186 Å². The molecule has 1 saturated carbocycles. The normalized spacial score (nSPS) is 18.1. The summed E-state index contributed by atoms with van der Waals surface area (Å²) in [6, 6.07) is 38.9. The smallest absolute Gasteiger partial charge is 0.248 e. The molecule has 0 radical (unpaired) electrons. The number of carbonyl (C=O) groups excluding carboxylic acids is 4. The number of allylic oxidation sites excluding steroid dienone is 1. The Bertz CT molecular complexity index is 2860. The number of phenols is 1. The molecule has 5 aromatic carbocycles. The largest absolute Gasteiger partial charge is 0.508 e. The number of phenolic OH excluding ortho intramolecular Hbond substituents is 1. The van der Waals surface area contributed by atoms with Crippen molar-refractivity contribution >= 4 is 34.8 Å². The van der Waals surface area contributed by atoms with Crippen molar-refractivity contribution in [3.63, 3.8) is 0 Å². The Kier molecular flexibility index (Phi) is 23.2. The number of amides is 4. The van der Waals surface area contributed by atoms with Gasteiger partial charge in [-0.05, 0) is 134 Å². The second kappa shape index (κ2) is 31.3. The van der Waals surface area contributed by atoms with Crippen LogP contribution in [0.1, 0.15) is 105 Å². The van der Waals surface area contributed by atoms with Gasteiger partial charge in [0.2, 0.25) is 23.6 Å². The first-order chi connectivity index (χ1) is 40.0. The van der Waals surface area contributed by atoms with E-state index in [0.29, 0.717) is 50.2 Å². The molecule has 1 aliphatic heterocycles. The molecule has 1 heterocycles. The summed E-state index contributed by atoms with van der Waals surface area (Å²) in [4.78, 5) is 58.7. The molecule has 5 unspecified atom stereocenters. The van der Waals surface area contributed by atoms with Crippen molar-refractivity contribution in [3.8, 4) is 23.0 Å². The number of rotatable bonds is 29. The Morgan fingerprint density at radius 3 is 2.05 bits per heavy atom. The molecular weight excluding hydrogens is 1040 g/mol. The standard InChI is InChI=1S/C66H83N5O11/c1-5-55(47-17-8-6-9-18-47)62(49-27-31-52(72)32-28-49)50-29-33-53(34-30-50)80-36-35-70(4)61(73)45-79-40-39-77-37-38-78-41-42-81-59-25-14-15-26-60(59)82-54-43-58(65(75)68-57-24-16-22-48-19-12-13-23-56(48)57)71(44-54)66(76)63(51-20-10-7-11-21-51)69-64(74)46(2)67-3/h6,8-9,12-15,17-19,23,25-34,46,51,54,57-58,63,67,72H,5,7,10-11,16,20-22,24,35-45H2,1-4H3,(H,68,75)(H,69,74). The van der Waals surface area contributed by atoms with Gasteiger partial charge in [0.25, 0.3) is 0 Å². The number of likely N-dealkylation sites (tertiary alicyclic amines) is 1. The minimum absolute atomic E-state index is 0.0374. The van der Waals surface area contributed by atoms with Crippen molar-refractivity contribution in [1.82, 2.24) is 25.8 Å².